The van der Waals surface area contributed by atoms with E-state index in [0.717, 1.165) is 0 Å². The Kier molecular flexibility index (Phi) is 4.49. The van der Waals surface area contributed by atoms with Crippen molar-refractivity contribution in [2.24, 2.45) is 0 Å². The second-order valence-electron chi connectivity index (χ2n) is 6.26. The van der Waals surface area contributed by atoms with Gasteiger partial charge in [0.15, 0.2) is 0 Å². The molecule has 1 saturated heterocycles. The Hall–Kier alpha value is -3.74. The van der Waals surface area contributed by atoms with Gasteiger partial charge in [0.25, 0.3) is 11.7 Å². The molecule has 28 heavy (non-hydrogen) atoms. The van der Waals surface area contributed by atoms with E-state index >= 15 is 0 Å². The van der Waals surface area contributed by atoms with Gasteiger partial charge in [-0.3, -0.25) is 14.6 Å². The summed E-state index contributed by atoms with van der Waals surface area (Å²) in [6.07, 6.45) is 4.35. The number of amides is 1. The number of aliphatic hydroxyl groups is 1. The van der Waals surface area contributed by atoms with Crippen LogP contribution < -0.4 is 0 Å². The van der Waals surface area contributed by atoms with Crippen molar-refractivity contribution in [1.29, 1.82) is 0 Å². The van der Waals surface area contributed by atoms with Gasteiger partial charge in [0.05, 0.1) is 24.4 Å². The van der Waals surface area contributed by atoms with Crippen molar-refractivity contribution in [2.75, 3.05) is 0 Å². The number of aromatic nitrogens is 1. The molecule has 4 rings (SSSR count). The van der Waals surface area contributed by atoms with E-state index < -0.39 is 23.5 Å². The molecule has 140 valence electrons. The van der Waals surface area contributed by atoms with Crippen LogP contribution in [0.4, 0.5) is 4.39 Å². The number of nitrogens with zero attached hydrogens (tertiary/aromatic N) is 2. The molecule has 0 radical (unpaired) electrons. The number of pyridine rings is 1. The Bertz CT molecular complexity index is 1060. The molecule has 1 aliphatic rings. The van der Waals surface area contributed by atoms with Gasteiger partial charge >= 0.3 is 0 Å². The maximum Gasteiger partial charge on any atom is 0.296 e. The Labute approximate surface area is 159 Å². The van der Waals surface area contributed by atoms with E-state index in [2.05, 4.69) is 4.98 Å². The molecule has 1 N–H and O–H groups in total. The highest BCUT2D eigenvalue weighted by atomic mass is 19.1. The number of ketones is 1. The number of halogens is 1. The Morgan fingerprint density at radius 1 is 1.11 bits per heavy atom. The first-order valence-electron chi connectivity index (χ1n) is 8.53. The molecular weight excluding hydrogens is 363 g/mol. The smallest absolute Gasteiger partial charge is 0.296 e. The summed E-state index contributed by atoms with van der Waals surface area (Å²) < 4.78 is 19.9. The first-order valence-corrected chi connectivity index (χ1v) is 8.53. The number of rotatable bonds is 4. The summed E-state index contributed by atoms with van der Waals surface area (Å²) >= 11 is 0. The minimum Gasteiger partial charge on any atom is -0.507 e. The fourth-order valence-corrected chi connectivity index (χ4v) is 3.30. The molecule has 0 saturated carbocycles. The topological polar surface area (TPSA) is 83.6 Å². The number of Topliss-reactive ketones (excluding diaryl/α,β-unsaturated/α-hetero) is 1. The summed E-state index contributed by atoms with van der Waals surface area (Å²) in [4.78, 5) is 30.6. The molecule has 2 aromatic heterocycles. The molecule has 0 bridgehead atoms. The minimum atomic E-state index is -1.08. The molecule has 6 nitrogen and oxygen atoms in total. The van der Waals surface area contributed by atoms with Gasteiger partial charge in [-0.05, 0) is 30.3 Å². The van der Waals surface area contributed by atoms with E-state index in [1.54, 1.807) is 18.2 Å². The molecule has 1 unspecified atom stereocenters. The number of carbonyl (C=O) groups is 2. The number of furan rings is 1. The third-order valence-electron chi connectivity index (χ3n) is 4.60. The van der Waals surface area contributed by atoms with Crippen molar-refractivity contribution in [3.63, 3.8) is 0 Å². The van der Waals surface area contributed by atoms with Crippen molar-refractivity contribution >= 4 is 17.4 Å². The average molecular weight is 378 g/mol. The van der Waals surface area contributed by atoms with Crippen LogP contribution in [-0.2, 0) is 16.1 Å². The fraction of sp³-hybridized carbons (Fsp3) is 0.0952. The standard InChI is InChI=1S/C21H15FN2O4/c22-16-6-2-1-5-15(16)18-17(19(25)13-7-9-23-10-8-13)20(26)21(27)24(18)12-14-4-3-11-28-14/h1-11,18,25H,12H2. The first-order chi connectivity index (χ1) is 13.6. The van der Waals surface area contributed by atoms with Crippen LogP contribution in [0.15, 0.2) is 77.2 Å². The number of carbonyl (C=O) groups excluding carboxylic acids is 2. The number of likely N-dealkylation sites (tertiary alicyclic amines) is 1. The van der Waals surface area contributed by atoms with E-state index in [1.165, 1.54) is 53.9 Å². The maximum atomic E-state index is 14.6. The van der Waals surface area contributed by atoms with Gasteiger partial charge in [0.1, 0.15) is 17.3 Å². The summed E-state index contributed by atoms with van der Waals surface area (Å²) in [6, 6.07) is 11.1. The predicted molar refractivity (Wildman–Crippen MR) is 97.2 cm³/mol. The van der Waals surface area contributed by atoms with E-state index in [0.29, 0.717) is 11.3 Å². The van der Waals surface area contributed by atoms with Crippen molar-refractivity contribution in [1.82, 2.24) is 9.88 Å². The summed E-state index contributed by atoms with van der Waals surface area (Å²) in [5, 5.41) is 10.8. The lowest BCUT2D eigenvalue weighted by atomic mass is 9.95. The SMILES string of the molecule is O=C1C(=O)N(Cc2ccco2)C(c2ccccc2F)C1=C(O)c1ccncc1. The lowest BCUT2D eigenvalue weighted by Gasteiger charge is -2.24. The van der Waals surface area contributed by atoms with Gasteiger partial charge in [-0.25, -0.2) is 4.39 Å². The minimum absolute atomic E-state index is 0.0380. The van der Waals surface area contributed by atoms with Gasteiger partial charge in [-0.2, -0.15) is 0 Å². The van der Waals surface area contributed by atoms with Crippen LogP contribution in [0, 0.1) is 5.82 Å². The normalized spacial score (nSPS) is 18.6. The molecule has 1 aliphatic heterocycles. The zero-order valence-electron chi connectivity index (χ0n) is 14.6. The van der Waals surface area contributed by atoms with E-state index in [4.69, 9.17) is 4.42 Å². The van der Waals surface area contributed by atoms with E-state index in [-0.39, 0.29) is 23.4 Å². The summed E-state index contributed by atoms with van der Waals surface area (Å²) in [5.74, 6) is -2.24. The number of hydrogen-bond donors (Lipinski definition) is 1. The summed E-state index contributed by atoms with van der Waals surface area (Å²) in [7, 11) is 0. The zero-order chi connectivity index (χ0) is 19.7. The number of aliphatic hydroxyl groups excluding tert-OH is 1. The molecule has 0 aliphatic carbocycles. The van der Waals surface area contributed by atoms with E-state index in [1.807, 2.05) is 0 Å². The van der Waals surface area contributed by atoms with E-state index in [9.17, 15) is 19.1 Å². The lowest BCUT2D eigenvalue weighted by molar-refractivity contribution is -0.140. The monoisotopic (exact) mass is 378 g/mol. The highest BCUT2D eigenvalue weighted by molar-refractivity contribution is 6.46. The first kappa shape index (κ1) is 17.7. The molecule has 1 amide bonds. The van der Waals surface area contributed by atoms with Gasteiger partial charge in [-0.15, -0.1) is 0 Å². The zero-order valence-corrected chi connectivity index (χ0v) is 14.6. The molecule has 1 aromatic carbocycles. The Morgan fingerprint density at radius 3 is 2.54 bits per heavy atom. The molecule has 3 heterocycles. The average Bonchev–Trinajstić information content (AvgIpc) is 3.31. The second kappa shape index (κ2) is 7.11. The third-order valence-corrected chi connectivity index (χ3v) is 4.60. The Balaban J connectivity index is 1.90. The van der Waals surface area contributed by atoms with Crippen LogP contribution in [-0.4, -0.2) is 26.7 Å². The quantitative estimate of drug-likeness (QED) is 0.427. The van der Waals surface area contributed by atoms with Crippen molar-refractivity contribution in [2.45, 2.75) is 12.6 Å². The second-order valence-corrected chi connectivity index (χ2v) is 6.26. The third kappa shape index (κ3) is 2.96. The lowest BCUT2D eigenvalue weighted by Crippen LogP contribution is -2.29. The maximum absolute atomic E-state index is 14.6. The van der Waals surface area contributed by atoms with Crippen molar-refractivity contribution < 1.29 is 23.5 Å². The fourth-order valence-electron chi connectivity index (χ4n) is 3.30. The van der Waals surface area contributed by atoms with Gasteiger partial charge in [0, 0.05) is 23.5 Å². The van der Waals surface area contributed by atoms with Crippen LogP contribution in [0.1, 0.15) is 22.9 Å². The van der Waals surface area contributed by atoms with Crippen LogP contribution in [0.2, 0.25) is 0 Å². The van der Waals surface area contributed by atoms with Crippen LogP contribution in [0.25, 0.3) is 5.76 Å². The van der Waals surface area contributed by atoms with Gasteiger partial charge < -0.3 is 14.4 Å². The molecule has 7 heteroatoms. The summed E-state index contributed by atoms with van der Waals surface area (Å²) in [6.45, 7) is -0.0380. The predicted octanol–water partition coefficient (Wildman–Crippen LogP) is 3.44. The van der Waals surface area contributed by atoms with Gasteiger partial charge in [-0.1, -0.05) is 18.2 Å². The molecular formula is C21H15FN2O4. The number of hydrogen-bond acceptors (Lipinski definition) is 5. The van der Waals surface area contributed by atoms with Crippen molar-refractivity contribution in [3.8, 4) is 0 Å². The van der Waals surface area contributed by atoms with Gasteiger partial charge in [0.2, 0.25) is 0 Å². The van der Waals surface area contributed by atoms with Crippen molar-refractivity contribution in [3.05, 3.63) is 95.5 Å². The molecule has 1 fully saturated rings. The summed E-state index contributed by atoms with van der Waals surface area (Å²) in [5.41, 5.74) is 0.254. The largest absolute Gasteiger partial charge is 0.507 e. The van der Waals surface area contributed by atoms with Crippen LogP contribution >= 0.6 is 0 Å². The molecule has 1 atom stereocenters. The highest BCUT2D eigenvalue weighted by Gasteiger charge is 2.47. The molecule has 0 spiro atoms. The Morgan fingerprint density at radius 2 is 1.86 bits per heavy atom. The number of benzene rings is 1. The highest BCUT2D eigenvalue weighted by Crippen LogP contribution is 2.41. The molecule has 3 aromatic rings. The van der Waals surface area contributed by atoms with Crippen LogP contribution in [0.3, 0.4) is 0 Å². The van der Waals surface area contributed by atoms with Crippen LogP contribution in [0.5, 0.6) is 0 Å².